The van der Waals surface area contributed by atoms with Crippen LogP contribution in [0.25, 0.3) is 0 Å². The monoisotopic (exact) mass is 143 g/mol. The molecule has 9 heavy (non-hydrogen) atoms. The Hall–Kier alpha value is -0.0831. The first-order valence-corrected chi connectivity index (χ1v) is 7.02. The van der Waals surface area contributed by atoms with Crippen LogP contribution in [0.3, 0.4) is 0 Å². The van der Waals surface area contributed by atoms with Crippen molar-refractivity contribution in [2.24, 2.45) is 5.73 Å². The van der Waals surface area contributed by atoms with E-state index >= 15 is 0 Å². The van der Waals surface area contributed by atoms with Crippen LogP contribution in [0.2, 0.25) is 19.6 Å². The maximum atomic E-state index is 5.32. The maximum absolute atomic E-state index is 5.32. The van der Waals surface area contributed by atoms with Gasteiger partial charge in [-0.15, -0.1) is 0 Å². The van der Waals surface area contributed by atoms with E-state index in [-0.39, 0.29) is 0 Å². The van der Waals surface area contributed by atoms with Gasteiger partial charge in [-0.25, -0.2) is 0 Å². The third kappa shape index (κ3) is 7.92. The standard InChI is InChI=1S/C7H17NSi/c1-9(2,3)7-5-4-6-8/h5,7H,4,6,8H2,1-3H3/b7-5-. The summed E-state index contributed by atoms with van der Waals surface area (Å²) in [7, 11) is -0.931. The van der Waals surface area contributed by atoms with Gasteiger partial charge in [0.1, 0.15) is 0 Å². The van der Waals surface area contributed by atoms with Gasteiger partial charge in [-0.3, -0.25) is 0 Å². The predicted molar refractivity (Wildman–Crippen MR) is 46.2 cm³/mol. The molecule has 54 valence electrons. The van der Waals surface area contributed by atoms with Crippen LogP contribution in [-0.2, 0) is 0 Å². The summed E-state index contributed by atoms with van der Waals surface area (Å²) in [4.78, 5) is 0. The van der Waals surface area contributed by atoms with Crippen LogP contribution < -0.4 is 5.73 Å². The van der Waals surface area contributed by atoms with Crippen molar-refractivity contribution in [2.45, 2.75) is 26.1 Å². The highest BCUT2D eigenvalue weighted by Crippen LogP contribution is 2.01. The second kappa shape index (κ2) is 3.85. The molecule has 2 heteroatoms. The van der Waals surface area contributed by atoms with Crippen molar-refractivity contribution < 1.29 is 0 Å². The Kier molecular flexibility index (Phi) is 3.82. The molecular weight excluding hydrogens is 126 g/mol. The Labute approximate surface area is 59.0 Å². The Morgan fingerprint density at radius 1 is 1.33 bits per heavy atom. The van der Waals surface area contributed by atoms with Gasteiger partial charge in [0, 0.05) is 0 Å². The molecule has 0 aromatic carbocycles. The molecule has 0 saturated carbocycles. The average molecular weight is 143 g/mol. The van der Waals surface area contributed by atoms with Crippen LogP contribution in [0.5, 0.6) is 0 Å². The van der Waals surface area contributed by atoms with Gasteiger partial charge in [-0.05, 0) is 13.0 Å². The normalized spacial score (nSPS) is 12.9. The Balaban J connectivity index is 3.45. The Bertz CT molecular complexity index is 91.6. The number of hydrogen-bond acceptors (Lipinski definition) is 1. The zero-order valence-electron chi connectivity index (χ0n) is 6.65. The molecule has 0 aliphatic rings. The molecule has 1 nitrogen and oxygen atoms in total. The second-order valence-electron chi connectivity index (χ2n) is 3.35. The molecule has 0 aliphatic carbocycles. The lowest BCUT2D eigenvalue weighted by atomic mass is 10.4. The number of rotatable bonds is 3. The van der Waals surface area contributed by atoms with Gasteiger partial charge in [0.05, 0.1) is 8.07 Å². The molecule has 0 amide bonds. The fourth-order valence-corrected chi connectivity index (χ4v) is 1.41. The van der Waals surface area contributed by atoms with E-state index in [4.69, 9.17) is 5.73 Å². The molecule has 0 atom stereocenters. The first kappa shape index (κ1) is 8.92. The summed E-state index contributed by atoms with van der Waals surface area (Å²) in [5, 5.41) is 0. The van der Waals surface area contributed by atoms with Crippen LogP contribution in [0, 0.1) is 0 Å². The van der Waals surface area contributed by atoms with E-state index in [1.54, 1.807) is 0 Å². The van der Waals surface area contributed by atoms with Crippen molar-refractivity contribution in [3.05, 3.63) is 11.8 Å². The van der Waals surface area contributed by atoms with Gasteiger partial charge in [-0.1, -0.05) is 31.4 Å². The van der Waals surface area contributed by atoms with E-state index in [9.17, 15) is 0 Å². The van der Waals surface area contributed by atoms with Gasteiger partial charge in [0.25, 0.3) is 0 Å². The lowest BCUT2D eigenvalue weighted by Gasteiger charge is -2.07. The predicted octanol–water partition coefficient (Wildman–Crippen LogP) is 1.77. The SMILES string of the molecule is C[Si](C)(C)/C=C\CCN. The average Bonchev–Trinajstić information content (AvgIpc) is 1.63. The molecule has 0 bridgehead atoms. The molecule has 0 saturated heterocycles. The third-order valence-electron chi connectivity index (χ3n) is 0.951. The second-order valence-corrected chi connectivity index (χ2v) is 8.41. The summed E-state index contributed by atoms with van der Waals surface area (Å²) in [6.07, 6.45) is 3.23. The van der Waals surface area contributed by atoms with E-state index < -0.39 is 8.07 Å². The molecule has 2 N–H and O–H groups in total. The first-order chi connectivity index (χ1) is 4.06. The summed E-state index contributed by atoms with van der Waals surface area (Å²) in [5.41, 5.74) is 7.66. The first-order valence-electron chi connectivity index (χ1n) is 3.44. The van der Waals surface area contributed by atoms with E-state index in [0.29, 0.717) is 0 Å². The summed E-state index contributed by atoms with van der Waals surface area (Å²) in [6.45, 7) is 7.74. The van der Waals surface area contributed by atoms with Gasteiger partial charge in [-0.2, -0.15) is 0 Å². The number of nitrogens with two attached hydrogens (primary N) is 1. The summed E-state index contributed by atoms with van der Waals surface area (Å²) in [5.74, 6) is 0. The van der Waals surface area contributed by atoms with Gasteiger partial charge >= 0.3 is 0 Å². The Morgan fingerprint density at radius 2 is 1.89 bits per heavy atom. The minimum Gasteiger partial charge on any atom is -0.330 e. The molecule has 0 heterocycles. The van der Waals surface area contributed by atoms with E-state index in [1.165, 1.54) is 0 Å². The van der Waals surface area contributed by atoms with Crippen molar-refractivity contribution in [3.63, 3.8) is 0 Å². The van der Waals surface area contributed by atoms with Crippen LogP contribution in [0.4, 0.5) is 0 Å². The summed E-state index contributed by atoms with van der Waals surface area (Å²) < 4.78 is 0. The quantitative estimate of drug-likeness (QED) is 0.599. The van der Waals surface area contributed by atoms with Crippen molar-refractivity contribution in [1.29, 1.82) is 0 Å². The van der Waals surface area contributed by atoms with Gasteiger partial charge < -0.3 is 5.73 Å². The Morgan fingerprint density at radius 3 is 2.22 bits per heavy atom. The molecule has 0 fully saturated rings. The zero-order valence-corrected chi connectivity index (χ0v) is 7.65. The minimum absolute atomic E-state index is 0.779. The van der Waals surface area contributed by atoms with Crippen molar-refractivity contribution in [2.75, 3.05) is 6.54 Å². The molecule has 0 unspecified atom stereocenters. The van der Waals surface area contributed by atoms with Gasteiger partial charge in [0.2, 0.25) is 0 Å². The highest BCUT2D eigenvalue weighted by molar-refractivity contribution is 6.80. The molecule has 0 aliphatic heterocycles. The third-order valence-corrected chi connectivity index (χ3v) is 2.19. The summed E-state index contributed by atoms with van der Waals surface area (Å²) >= 11 is 0. The van der Waals surface area contributed by atoms with E-state index in [1.807, 2.05) is 0 Å². The smallest absolute Gasteiger partial charge is 0.0682 e. The summed E-state index contributed by atoms with van der Waals surface area (Å²) in [6, 6.07) is 0. The highest BCUT2D eigenvalue weighted by atomic mass is 28.3. The topological polar surface area (TPSA) is 26.0 Å². The molecule has 0 aromatic heterocycles. The van der Waals surface area contributed by atoms with Crippen molar-refractivity contribution in [1.82, 2.24) is 0 Å². The lowest BCUT2D eigenvalue weighted by Crippen LogP contribution is -2.15. The van der Waals surface area contributed by atoms with Crippen LogP contribution in [0.1, 0.15) is 6.42 Å². The highest BCUT2D eigenvalue weighted by Gasteiger charge is 2.05. The maximum Gasteiger partial charge on any atom is 0.0682 e. The van der Waals surface area contributed by atoms with E-state index in [2.05, 4.69) is 31.4 Å². The van der Waals surface area contributed by atoms with Crippen LogP contribution >= 0.6 is 0 Å². The molecule has 0 spiro atoms. The fraction of sp³-hybridized carbons (Fsp3) is 0.714. The van der Waals surface area contributed by atoms with Crippen LogP contribution in [-0.4, -0.2) is 14.6 Å². The lowest BCUT2D eigenvalue weighted by molar-refractivity contribution is 1.01. The fourth-order valence-electron chi connectivity index (χ4n) is 0.533. The molecular formula is C7H17NSi. The molecule has 0 aromatic rings. The number of hydrogen-bond donors (Lipinski definition) is 1. The largest absolute Gasteiger partial charge is 0.330 e. The minimum atomic E-state index is -0.931. The molecule has 0 radical (unpaired) electrons. The van der Waals surface area contributed by atoms with Crippen LogP contribution in [0.15, 0.2) is 11.8 Å². The zero-order chi connectivity index (χ0) is 7.33. The van der Waals surface area contributed by atoms with Crippen molar-refractivity contribution >= 4 is 8.07 Å². The molecule has 0 rings (SSSR count). The van der Waals surface area contributed by atoms with E-state index in [0.717, 1.165) is 13.0 Å². The van der Waals surface area contributed by atoms with Gasteiger partial charge in [0.15, 0.2) is 0 Å². The van der Waals surface area contributed by atoms with Crippen molar-refractivity contribution in [3.8, 4) is 0 Å².